The van der Waals surface area contributed by atoms with Gasteiger partial charge in [-0.2, -0.15) is 0 Å². The van der Waals surface area contributed by atoms with Crippen molar-refractivity contribution in [2.75, 3.05) is 36.4 Å². The highest BCUT2D eigenvalue weighted by Crippen LogP contribution is 2.17. The van der Waals surface area contributed by atoms with Crippen LogP contribution in [0.1, 0.15) is 17.5 Å². The number of hydrogen-bond donors (Lipinski definition) is 1. The van der Waals surface area contributed by atoms with Gasteiger partial charge < -0.3 is 10.2 Å². The minimum Gasteiger partial charge on any atom is -0.354 e. The van der Waals surface area contributed by atoms with Crippen LogP contribution >= 0.6 is 0 Å². The Balaban J connectivity index is 1.27. The minimum absolute atomic E-state index is 0.0313. The van der Waals surface area contributed by atoms with Crippen molar-refractivity contribution in [3.05, 3.63) is 84.2 Å². The first-order valence-electron chi connectivity index (χ1n) is 10.4. The lowest BCUT2D eigenvalue weighted by Crippen LogP contribution is -2.46. The molecule has 2 heterocycles. The molecule has 4 rings (SSSR count). The molecule has 1 aliphatic heterocycles. The van der Waals surface area contributed by atoms with E-state index in [0.29, 0.717) is 18.7 Å². The van der Waals surface area contributed by atoms with Gasteiger partial charge in [0.05, 0.1) is 0 Å². The Morgan fingerprint density at radius 3 is 2.23 bits per heavy atom. The van der Waals surface area contributed by atoms with E-state index < -0.39 is 0 Å². The zero-order valence-corrected chi connectivity index (χ0v) is 17.1. The second kappa shape index (κ2) is 9.98. The van der Waals surface area contributed by atoms with Crippen molar-refractivity contribution < 1.29 is 4.79 Å². The average molecular weight is 402 g/mol. The van der Waals surface area contributed by atoms with Crippen LogP contribution in [-0.2, 0) is 17.8 Å². The predicted octanol–water partition coefficient (Wildman–Crippen LogP) is 3.37. The highest BCUT2D eigenvalue weighted by molar-refractivity contribution is 5.90. The van der Waals surface area contributed by atoms with E-state index in [1.807, 2.05) is 36.4 Å². The minimum atomic E-state index is -0.0313. The Morgan fingerprint density at radius 1 is 0.867 bits per heavy atom. The van der Waals surface area contributed by atoms with Gasteiger partial charge in [-0.15, -0.1) is 0 Å². The summed E-state index contributed by atoms with van der Waals surface area (Å²) in [6.07, 6.45) is 2.67. The molecule has 3 aromatic rings. The molecule has 1 fully saturated rings. The van der Waals surface area contributed by atoms with E-state index in [-0.39, 0.29) is 5.91 Å². The number of aromatic nitrogens is 2. The first kappa shape index (κ1) is 20.0. The Bertz CT molecular complexity index is 940. The van der Waals surface area contributed by atoms with Gasteiger partial charge in [0.1, 0.15) is 18.0 Å². The fourth-order valence-electron chi connectivity index (χ4n) is 3.67. The third kappa shape index (κ3) is 5.64. The third-order valence-electron chi connectivity index (χ3n) is 5.35. The number of hydrogen-bond acceptors (Lipinski definition) is 5. The summed E-state index contributed by atoms with van der Waals surface area (Å²) in [6.45, 7) is 4.76. The summed E-state index contributed by atoms with van der Waals surface area (Å²) in [5, 5.41) is 2.91. The van der Waals surface area contributed by atoms with Gasteiger partial charge >= 0.3 is 0 Å². The summed E-state index contributed by atoms with van der Waals surface area (Å²) < 4.78 is 0. The molecule has 0 spiro atoms. The summed E-state index contributed by atoms with van der Waals surface area (Å²) in [6, 6.07) is 22.5. The highest BCUT2D eigenvalue weighted by atomic mass is 16.1. The van der Waals surface area contributed by atoms with Crippen LogP contribution < -0.4 is 10.2 Å². The number of anilines is 2. The molecule has 2 aromatic carbocycles. The van der Waals surface area contributed by atoms with Gasteiger partial charge in [0.15, 0.2) is 0 Å². The van der Waals surface area contributed by atoms with Crippen molar-refractivity contribution in [2.45, 2.75) is 19.4 Å². The number of carbonyl (C=O) groups is 1. The first-order chi connectivity index (χ1) is 14.8. The number of benzene rings is 2. The topological polar surface area (TPSA) is 61.4 Å². The van der Waals surface area contributed by atoms with Crippen molar-refractivity contribution >= 4 is 17.5 Å². The molecular weight excluding hydrogens is 374 g/mol. The smallest absolute Gasteiger partial charge is 0.225 e. The number of nitrogens with one attached hydrogen (secondary N) is 1. The Morgan fingerprint density at radius 2 is 1.53 bits per heavy atom. The van der Waals surface area contributed by atoms with Crippen molar-refractivity contribution in [3.8, 4) is 0 Å². The Hall–Kier alpha value is -3.25. The van der Waals surface area contributed by atoms with Crippen LogP contribution in [0, 0.1) is 0 Å². The van der Waals surface area contributed by atoms with Crippen LogP contribution in [0.2, 0.25) is 0 Å². The van der Waals surface area contributed by atoms with Gasteiger partial charge in [-0.3, -0.25) is 9.69 Å². The highest BCUT2D eigenvalue weighted by Gasteiger charge is 2.18. The molecule has 0 unspecified atom stereocenters. The van der Waals surface area contributed by atoms with Crippen molar-refractivity contribution in [1.82, 2.24) is 14.9 Å². The molecular formula is C24H27N5O. The van der Waals surface area contributed by atoms with Gasteiger partial charge in [0.25, 0.3) is 0 Å². The summed E-state index contributed by atoms with van der Waals surface area (Å²) >= 11 is 0. The maximum atomic E-state index is 12.3. The van der Waals surface area contributed by atoms with Crippen molar-refractivity contribution in [3.63, 3.8) is 0 Å². The molecule has 0 bridgehead atoms. The second-order valence-electron chi connectivity index (χ2n) is 7.54. The van der Waals surface area contributed by atoms with Crippen molar-refractivity contribution in [2.24, 2.45) is 0 Å². The number of nitrogens with zero attached hydrogens (tertiary/aromatic N) is 4. The standard InChI is InChI=1S/C24H27N5O/c30-24(12-11-20-7-3-1-4-8-20)27-22-17-23(26-19-25-22)29-15-13-28(14-16-29)18-21-9-5-2-6-10-21/h1-10,17,19H,11-16,18H2,(H,25,26,27,30). The van der Waals surface area contributed by atoms with E-state index in [4.69, 9.17) is 0 Å². The molecule has 0 atom stereocenters. The van der Waals surface area contributed by atoms with E-state index in [1.54, 1.807) is 0 Å². The van der Waals surface area contributed by atoms with E-state index >= 15 is 0 Å². The number of rotatable bonds is 7. The monoisotopic (exact) mass is 401 g/mol. The molecule has 0 radical (unpaired) electrons. The van der Waals surface area contributed by atoms with E-state index in [9.17, 15) is 4.79 Å². The average Bonchev–Trinajstić information content (AvgIpc) is 2.80. The lowest BCUT2D eigenvalue weighted by molar-refractivity contribution is -0.116. The Kier molecular flexibility index (Phi) is 6.67. The summed E-state index contributed by atoms with van der Waals surface area (Å²) in [7, 11) is 0. The first-order valence-corrected chi connectivity index (χ1v) is 10.4. The summed E-state index contributed by atoms with van der Waals surface area (Å²) in [5.41, 5.74) is 2.50. The maximum absolute atomic E-state index is 12.3. The van der Waals surface area contributed by atoms with Crippen LogP contribution in [0.25, 0.3) is 0 Å². The molecule has 1 saturated heterocycles. The van der Waals surface area contributed by atoms with Crippen LogP contribution in [-0.4, -0.2) is 47.0 Å². The fourth-order valence-corrected chi connectivity index (χ4v) is 3.67. The van der Waals surface area contributed by atoms with Gasteiger partial charge in [0.2, 0.25) is 5.91 Å². The lowest BCUT2D eigenvalue weighted by Gasteiger charge is -2.35. The third-order valence-corrected chi connectivity index (χ3v) is 5.35. The Labute approximate surface area is 177 Å². The largest absolute Gasteiger partial charge is 0.354 e. The molecule has 1 aromatic heterocycles. The lowest BCUT2D eigenvalue weighted by atomic mass is 10.1. The SMILES string of the molecule is O=C(CCc1ccccc1)Nc1cc(N2CCN(Cc3ccccc3)CC2)ncn1. The van der Waals surface area contributed by atoms with Crippen molar-refractivity contribution in [1.29, 1.82) is 0 Å². The molecule has 6 heteroatoms. The van der Waals surface area contributed by atoms with Gasteiger partial charge in [0, 0.05) is 45.2 Å². The van der Waals surface area contributed by atoms with Gasteiger partial charge in [-0.25, -0.2) is 9.97 Å². The molecule has 30 heavy (non-hydrogen) atoms. The van der Waals surface area contributed by atoms with E-state index in [1.165, 1.54) is 11.9 Å². The molecule has 0 saturated carbocycles. The summed E-state index contributed by atoms with van der Waals surface area (Å²) in [5.74, 6) is 1.39. The van der Waals surface area contributed by atoms with Crippen LogP contribution in [0.3, 0.4) is 0 Å². The molecule has 6 nitrogen and oxygen atoms in total. The normalized spacial score (nSPS) is 14.5. The van der Waals surface area contributed by atoms with Gasteiger partial charge in [-0.1, -0.05) is 60.7 Å². The summed E-state index contributed by atoms with van der Waals surface area (Å²) in [4.78, 5) is 25.6. The van der Waals surface area contributed by atoms with Crippen LogP contribution in [0.4, 0.5) is 11.6 Å². The second-order valence-corrected chi connectivity index (χ2v) is 7.54. The molecule has 154 valence electrons. The van der Waals surface area contributed by atoms with Crippen LogP contribution in [0.5, 0.6) is 0 Å². The predicted molar refractivity (Wildman–Crippen MR) is 119 cm³/mol. The van der Waals surface area contributed by atoms with E-state index in [0.717, 1.165) is 44.1 Å². The molecule has 0 aliphatic carbocycles. The molecule has 1 N–H and O–H groups in total. The number of piperazine rings is 1. The van der Waals surface area contributed by atoms with E-state index in [2.05, 4.69) is 55.4 Å². The zero-order chi connectivity index (χ0) is 20.6. The van der Waals surface area contributed by atoms with Gasteiger partial charge in [-0.05, 0) is 17.5 Å². The number of aryl methyl sites for hydroxylation is 1. The van der Waals surface area contributed by atoms with Crippen LogP contribution in [0.15, 0.2) is 73.1 Å². The number of amides is 1. The zero-order valence-electron chi connectivity index (χ0n) is 17.1. The molecule has 1 aliphatic rings. The maximum Gasteiger partial charge on any atom is 0.225 e. The quantitative estimate of drug-likeness (QED) is 0.658. The number of carbonyl (C=O) groups excluding carboxylic acids is 1. The fraction of sp³-hybridized carbons (Fsp3) is 0.292. The molecule has 1 amide bonds.